The molecule has 1 aromatic heterocycles. The van der Waals surface area contributed by atoms with Crippen molar-refractivity contribution in [3.8, 4) is 0 Å². The molecule has 4 nitrogen and oxygen atoms in total. The Bertz CT molecular complexity index is 306. The van der Waals surface area contributed by atoms with Gasteiger partial charge in [0.05, 0.1) is 6.04 Å². The average Bonchev–Trinajstić information content (AvgIpc) is 2.74. The van der Waals surface area contributed by atoms with Gasteiger partial charge in [-0.05, 0) is 19.4 Å². The van der Waals surface area contributed by atoms with Crippen molar-refractivity contribution < 1.29 is 0 Å². The van der Waals surface area contributed by atoms with E-state index in [0.29, 0.717) is 11.8 Å². The lowest BCUT2D eigenvalue weighted by atomic mass is 10.1. The second-order valence-electron chi connectivity index (χ2n) is 4.88. The molecule has 0 aliphatic rings. The van der Waals surface area contributed by atoms with Gasteiger partial charge in [0.25, 0.3) is 0 Å². The predicted octanol–water partition coefficient (Wildman–Crippen LogP) is 2.62. The standard InChI is InChI=1S/C12H24N4/c1-6-9(4)7-13-10(5)12-14-11(8(2)3)15-16-12/h8-10,13H,6-7H2,1-5H3,(H,14,15,16). The van der Waals surface area contributed by atoms with Crippen molar-refractivity contribution >= 4 is 0 Å². The van der Waals surface area contributed by atoms with Crippen LogP contribution in [0.3, 0.4) is 0 Å². The zero-order valence-electron chi connectivity index (χ0n) is 11.0. The molecule has 0 aromatic carbocycles. The lowest BCUT2D eigenvalue weighted by Gasteiger charge is -2.14. The summed E-state index contributed by atoms with van der Waals surface area (Å²) in [6, 6.07) is 0.244. The highest BCUT2D eigenvalue weighted by molar-refractivity contribution is 4.98. The molecule has 0 saturated carbocycles. The van der Waals surface area contributed by atoms with Crippen LogP contribution in [0.4, 0.5) is 0 Å². The predicted molar refractivity (Wildman–Crippen MR) is 66.3 cm³/mol. The van der Waals surface area contributed by atoms with E-state index in [1.165, 1.54) is 6.42 Å². The molecule has 1 aromatic rings. The maximum absolute atomic E-state index is 4.48. The Hall–Kier alpha value is -0.900. The highest BCUT2D eigenvalue weighted by Gasteiger charge is 2.12. The fourth-order valence-electron chi connectivity index (χ4n) is 1.36. The first-order chi connectivity index (χ1) is 7.54. The summed E-state index contributed by atoms with van der Waals surface area (Å²) >= 11 is 0. The molecule has 0 aliphatic heterocycles. The van der Waals surface area contributed by atoms with Gasteiger partial charge < -0.3 is 5.32 Å². The summed E-state index contributed by atoms with van der Waals surface area (Å²) in [5.74, 6) is 2.92. The van der Waals surface area contributed by atoms with Gasteiger partial charge in [0.2, 0.25) is 0 Å². The smallest absolute Gasteiger partial charge is 0.153 e. The zero-order valence-corrected chi connectivity index (χ0v) is 11.0. The Morgan fingerprint density at radius 3 is 2.44 bits per heavy atom. The van der Waals surface area contributed by atoms with Crippen molar-refractivity contribution in [3.05, 3.63) is 11.6 Å². The van der Waals surface area contributed by atoms with Crippen LogP contribution in [0.1, 0.15) is 64.6 Å². The van der Waals surface area contributed by atoms with E-state index < -0.39 is 0 Å². The maximum Gasteiger partial charge on any atom is 0.153 e. The molecule has 0 saturated heterocycles. The molecule has 0 amide bonds. The minimum absolute atomic E-state index is 0.244. The number of nitrogens with zero attached hydrogens (tertiary/aromatic N) is 2. The lowest BCUT2D eigenvalue weighted by molar-refractivity contribution is 0.451. The van der Waals surface area contributed by atoms with E-state index in [-0.39, 0.29) is 6.04 Å². The quantitative estimate of drug-likeness (QED) is 0.781. The third-order valence-electron chi connectivity index (χ3n) is 2.92. The van der Waals surface area contributed by atoms with Gasteiger partial charge >= 0.3 is 0 Å². The Labute approximate surface area is 98.2 Å². The van der Waals surface area contributed by atoms with Gasteiger partial charge in [-0.1, -0.05) is 34.1 Å². The Kier molecular flexibility index (Phi) is 4.93. The molecule has 0 bridgehead atoms. The summed E-state index contributed by atoms with van der Waals surface area (Å²) in [6.07, 6.45) is 1.20. The van der Waals surface area contributed by atoms with Crippen LogP contribution in [0.2, 0.25) is 0 Å². The second kappa shape index (κ2) is 5.99. The van der Waals surface area contributed by atoms with E-state index >= 15 is 0 Å². The largest absolute Gasteiger partial charge is 0.307 e. The number of hydrogen-bond acceptors (Lipinski definition) is 3. The Morgan fingerprint density at radius 2 is 1.94 bits per heavy atom. The Morgan fingerprint density at radius 1 is 1.25 bits per heavy atom. The van der Waals surface area contributed by atoms with Crippen molar-refractivity contribution in [2.75, 3.05) is 6.54 Å². The van der Waals surface area contributed by atoms with Gasteiger partial charge in [-0.25, -0.2) is 4.98 Å². The molecule has 0 fully saturated rings. The van der Waals surface area contributed by atoms with Crippen molar-refractivity contribution in [3.63, 3.8) is 0 Å². The third-order valence-corrected chi connectivity index (χ3v) is 2.92. The van der Waals surface area contributed by atoms with Crippen molar-refractivity contribution in [1.82, 2.24) is 20.5 Å². The number of rotatable bonds is 6. The molecule has 16 heavy (non-hydrogen) atoms. The van der Waals surface area contributed by atoms with E-state index in [4.69, 9.17) is 0 Å². The summed E-state index contributed by atoms with van der Waals surface area (Å²) in [4.78, 5) is 4.48. The molecule has 4 heteroatoms. The highest BCUT2D eigenvalue weighted by Crippen LogP contribution is 2.12. The number of aromatic nitrogens is 3. The van der Waals surface area contributed by atoms with Crippen LogP contribution in [0.15, 0.2) is 0 Å². The van der Waals surface area contributed by atoms with Gasteiger partial charge in [-0.3, -0.25) is 5.10 Å². The van der Waals surface area contributed by atoms with Crippen LogP contribution in [0.5, 0.6) is 0 Å². The summed E-state index contributed by atoms with van der Waals surface area (Å²) in [7, 11) is 0. The first kappa shape index (κ1) is 13.2. The van der Waals surface area contributed by atoms with Gasteiger partial charge in [0.1, 0.15) is 5.82 Å². The lowest BCUT2D eigenvalue weighted by Crippen LogP contribution is -2.25. The van der Waals surface area contributed by atoms with Crippen molar-refractivity contribution in [2.45, 2.75) is 53.0 Å². The fraction of sp³-hybridized carbons (Fsp3) is 0.833. The summed E-state index contributed by atoms with van der Waals surface area (Å²) in [5, 5.41) is 10.7. The van der Waals surface area contributed by atoms with Crippen LogP contribution < -0.4 is 5.32 Å². The van der Waals surface area contributed by atoms with E-state index in [1.807, 2.05) is 0 Å². The van der Waals surface area contributed by atoms with Crippen LogP contribution in [-0.4, -0.2) is 21.7 Å². The SMILES string of the molecule is CCC(C)CNC(C)c1nc(C(C)C)n[nH]1. The zero-order chi connectivity index (χ0) is 12.1. The highest BCUT2D eigenvalue weighted by atomic mass is 15.2. The normalized spacial score (nSPS) is 15.4. The molecule has 1 rings (SSSR count). The van der Waals surface area contributed by atoms with Gasteiger partial charge in [-0.2, -0.15) is 5.10 Å². The first-order valence-electron chi connectivity index (χ1n) is 6.20. The minimum atomic E-state index is 0.244. The topological polar surface area (TPSA) is 53.6 Å². The summed E-state index contributed by atoms with van der Waals surface area (Å²) in [6.45, 7) is 11.8. The molecule has 92 valence electrons. The molecule has 2 unspecified atom stereocenters. The number of aromatic amines is 1. The van der Waals surface area contributed by atoms with Crippen LogP contribution >= 0.6 is 0 Å². The van der Waals surface area contributed by atoms with Crippen LogP contribution in [0.25, 0.3) is 0 Å². The van der Waals surface area contributed by atoms with E-state index in [2.05, 4.69) is 55.1 Å². The first-order valence-corrected chi connectivity index (χ1v) is 6.20. The van der Waals surface area contributed by atoms with Crippen molar-refractivity contribution in [2.24, 2.45) is 5.92 Å². The maximum atomic E-state index is 4.48. The minimum Gasteiger partial charge on any atom is -0.307 e. The third kappa shape index (κ3) is 3.59. The van der Waals surface area contributed by atoms with Crippen LogP contribution in [-0.2, 0) is 0 Å². The van der Waals surface area contributed by atoms with E-state index in [1.54, 1.807) is 0 Å². The monoisotopic (exact) mass is 224 g/mol. The summed E-state index contributed by atoms with van der Waals surface area (Å²) in [5.41, 5.74) is 0. The Balaban J connectivity index is 2.49. The molecule has 2 atom stereocenters. The fourth-order valence-corrected chi connectivity index (χ4v) is 1.36. The number of H-pyrrole nitrogens is 1. The molecule has 1 heterocycles. The number of hydrogen-bond donors (Lipinski definition) is 2. The molecule has 0 aliphatic carbocycles. The average molecular weight is 224 g/mol. The molecule has 2 N–H and O–H groups in total. The molecule has 0 spiro atoms. The molecule has 0 radical (unpaired) electrons. The van der Waals surface area contributed by atoms with Gasteiger partial charge in [0.15, 0.2) is 5.82 Å². The molecular formula is C12H24N4. The number of nitrogens with one attached hydrogen (secondary N) is 2. The van der Waals surface area contributed by atoms with Crippen LogP contribution in [0, 0.1) is 5.92 Å². The van der Waals surface area contributed by atoms with E-state index in [9.17, 15) is 0 Å². The molecular weight excluding hydrogens is 200 g/mol. The second-order valence-corrected chi connectivity index (χ2v) is 4.88. The van der Waals surface area contributed by atoms with Gasteiger partial charge in [-0.15, -0.1) is 0 Å². The van der Waals surface area contributed by atoms with Crippen molar-refractivity contribution in [1.29, 1.82) is 0 Å². The summed E-state index contributed by atoms with van der Waals surface area (Å²) < 4.78 is 0. The van der Waals surface area contributed by atoms with E-state index in [0.717, 1.165) is 18.2 Å². The van der Waals surface area contributed by atoms with Gasteiger partial charge in [0, 0.05) is 5.92 Å².